The lowest BCUT2D eigenvalue weighted by Crippen LogP contribution is -2.47. The first-order chi connectivity index (χ1) is 10.3. The quantitative estimate of drug-likeness (QED) is 0.641. The van der Waals surface area contributed by atoms with Gasteiger partial charge in [-0.15, -0.1) is 0 Å². The third-order valence-corrected chi connectivity index (χ3v) is 4.14. The van der Waals surface area contributed by atoms with Crippen molar-refractivity contribution >= 4 is 5.96 Å². The van der Waals surface area contributed by atoms with Crippen molar-refractivity contribution in [3.63, 3.8) is 0 Å². The van der Waals surface area contributed by atoms with Gasteiger partial charge in [-0.1, -0.05) is 6.07 Å². The fraction of sp³-hybridized carbons (Fsp3) is 0.600. The summed E-state index contributed by atoms with van der Waals surface area (Å²) in [6, 6.07) is 4.26. The van der Waals surface area contributed by atoms with Crippen molar-refractivity contribution in [1.29, 1.82) is 0 Å². The zero-order valence-corrected chi connectivity index (χ0v) is 12.5. The zero-order chi connectivity index (χ0) is 14.7. The molecule has 1 aromatic rings. The zero-order valence-electron chi connectivity index (χ0n) is 12.5. The maximum absolute atomic E-state index is 5.85. The number of pyridine rings is 1. The second-order valence-electron chi connectivity index (χ2n) is 5.46. The Kier molecular flexibility index (Phi) is 4.24. The summed E-state index contributed by atoms with van der Waals surface area (Å²) in [6.07, 6.45) is 5.91. The van der Waals surface area contributed by atoms with Crippen LogP contribution >= 0.6 is 0 Å². The fourth-order valence-electron chi connectivity index (χ4n) is 3.08. The molecule has 114 valence electrons. The van der Waals surface area contributed by atoms with Gasteiger partial charge in [0.05, 0.1) is 25.4 Å². The lowest BCUT2D eigenvalue weighted by molar-refractivity contribution is 0.0992. The minimum atomic E-state index is 0.335. The third kappa shape index (κ3) is 3.10. The van der Waals surface area contributed by atoms with Gasteiger partial charge in [0.15, 0.2) is 5.96 Å². The number of aromatic nitrogens is 1. The molecule has 6 nitrogen and oxygen atoms in total. The molecule has 3 unspecified atom stereocenters. The number of hydrogen-bond acceptors (Lipinski definition) is 4. The van der Waals surface area contributed by atoms with Crippen LogP contribution in [-0.4, -0.2) is 43.4 Å². The number of aliphatic imine (C=N–C) groups is 1. The Balaban J connectivity index is 1.55. The van der Waals surface area contributed by atoms with Gasteiger partial charge in [0.2, 0.25) is 5.88 Å². The fourth-order valence-corrected chi connectivity index (χ4v) is 3.08. The largest absolute Gasteiger partial charge is 0.481 e. The molecule has 2 N–H and O–H groups in total. The van der Waals surface area contributed by atoms with Gasteiger partial charge < -0.3 is 20.1 Å². The first-order valence-corrected chi connectivity index (χ1v) is 7.40. The molecule has 2 aliphatic rings. The predicted octanol–water partition coefficient (Wildman–Crippen LogP) is 1.08. The molecular weight excluding hydrogens is 268 g/mol. The molecule has 2 aliphatic heterocycles. The molecule has 0 saturated carbocycles. The number of hydrogen-bond donors (Lipinski definition) is 2. The SMILES string of the molecule is CN=C(NCc1cccnc1OC)NC1CC2CCC1O2. The van der Waals surface area contributed by atoms with Crippen molar-refractivity contribution in [2.75, 3.05) is 14.2 Å². The predicted molar refractivity (Wildman–Crippen MR) is 80.4 cm³/mol. The number of methoxy groups -OCH3 is 1. The molecule has 3 atom stereocenters. The van der Waals surface area contributed by atoms with E-state index in [-0.39, 0.29) is 0 Å². The van der Waals surface area contributed by atoms with Gasteiger partial charge in [0.25, 0.3) is 0 Å². The second kappa shape index (κ2) is 6.30. The highest BCUT2D eigenvalue weighted by molar-refractivity contribution is 5.80. The number of ether oxygens (including phenoxy) is 2. The van der Waals surface area contributed by atoms with Crippen LogP contribution in [0.4, 0.5) is 0 Å². The smallest absolute Gasteiger partial charge is 0.218 e. The molecule has 21 heavy (non-hydrogen) atoms. The molecule has 3 heterocycles. The molecular formula is C15H22N4O2. The van der Waals surface area contributed by atoms with Crippen molar-refractivity contribution < 1.29 is 9.47 Å². The van der Waals surface area contributed by atoms with Crippen molar-refractivity contribution in [2.24, 2.45) is 4.99 Å². The Morgan fingerprint density at radius 2 is 2.43 bits per heavy atom. The van der Waals surface area contributed by atoms with E-state index < -0.39 is 0 Å². The summed E-state index contributed by atoms with van der Waals surface area (Å²) in [6.45, 7) is 0.623. The minimum Gasteiger partial charge on any atom is -0.481 e. The lowest BCUT2D eigenvalue weighted by atomic mass is 9.96. The van der Waals surface area contributed by atoms with Crippen LogP contribution in [0.2, 0.25) is 0 Å². The van der Waals surface area contributed by atoms with Gasteiger partial charge in [-0.05, 0) is 25.3 Å². The van der Waals surface area contributed by atoms with Crippen LogP contribution in [0.25, 0.3) is 0 Å². The molecule has 0 aliphatic carbocycles. The van der Waals surface area contributed by atoms with Crippen molar-refractivity contribution in [3.8, 4) is 5.88 Å². The number of fused-ring (bicyclic) bond motifs is 2. The van der Waals surface area contributed by atoms with Gasteiger partial charge in [0, 0.05) is 25.4 Å². The van der Waals surface area contributed by atoms with E-state index in [9.17, 15) is 0 Å². The summed E-state index contributed by atoms with van der Waals surface area (Å²) in [5.74, 6) is 1.44. The normalized spacial score (nSPS) is 27.7. The standard InChI is InChI=1S/C15H22N4O2/c1-16-15(19-12-8-11-5-6-13(12)21-11)18-9-10-4-3-7-17-14(10)20-2/h3-4,7,11-13H,5-6,8-9H2,1-2H3,(H2,16,18,19). The van der Waals surface area contributed by atoms with Crippen LogP contribution in [0.5, 0.6) is 5.88 Å². The number of rotatable bonds is 4. The van der Waals surface area contributed by atoms with E-state index in [1.165, 1.54) is 6.42 Å². The Bertz CT molecular complexity index is 520. The molecule has 2 fully saturated rings. The van der Waals surface area contributed by atoms with Crippen LogP contribution in [0.3, 0.4) is 0 Å². The van der Waals surface area contributed by atoms with E-state index in [2.05, 4.69) is 20.6 Å². The second-order valence-corrected chi connectivity index (χ2v) is 5.46. The molecule has 0 spiro atoms. The van der Waals surface area contributed by atoms with E-state index >= 15 is 0 Å². The summed E-state index contributed by atoms with van der Waals surface area (Å²) in [4.78, 5) is 8.48. The van der Waals surface area contributed by atoms with Gasteiger partial charge in [-0.3, -0.25) is 4.99 Å². The molecule has 2 bridgehead atoms. The van der Waals surface area contributed by atoms with E-state index in [0.717, 1.165) is 24.4 Å². The van der Waals surface area contributed by atoms with Crippen molar-refractivity contribution in [2.45, 2.75) is 44.1 Å². The van der Waals surface area contributed by atoms with Crippen LogP contribution < -0.4 is 15.4 Å². The van der Waals surface area contributed by atoms with Gasteiger partial charge >= 0.3 is 0 Å². The first-order valence-electron chi connectivity index (χ1n) is 7.40. The summed E-state index contributed by atoms with van der Waals surface area (Å²) >= 11 is 0. The van der Waals surface area contributed by atoms with Crippen LogP contribution in [-0.2, 0) is 11.3 Å². The van der Waals surface area contributed by atoms with Crippen molar-refractivity contribution in [3.05, 3.63) is 23.9 Å². The highest BCUT2D eigenvalue weighted by Gasteiger charge is 2.41. The summed E-state index contributed by atoms with van der Waals surface area (Å²) in [5, 5.41) is 6.77. The maximum atomic E-state index is 5.85. The molecule has 6 heteroatoms. The van der Waals surface area contributed by atoms with Gasteiger partial charge in [-0.25, -0.2) is 4.98 Å². The Morgan fingerprint density at radius 1 is 1.52 bits per heavy atom. The monoisotopic (exact) mass is 290 g/mol. The van der Waals surface area contributed by atoms with E-state index in [0.29, 0.717) is 30.7 Å². The Morgan fingerprint density at radius 3 is 3.10 bits per heavy atom. The van der Waals surface area contributed by atoms with E-state index in [4.69, 9.17) is 9.47 Å². The lowest BCUT2D eigenvalue weighted by Gasteiger charge is -2.22. The van der Waals surface area contributed by atoms with Crippen molar-refractivity contribution in [1.82, 2.24) is 15.6 Å². The van der Waals surface area contributed by atoms with E-state index in [1.54, 1.807) is 20.4 Å². The molecule has 0 amide bonds. The molecule has 2 saturated heterocycles. The summed E-state index contributed by atoms with van der Waals surface area (Å²) in [5.41, 5.74) is 1.01. The van der Waals surface area contributed by atoms with Gasteiger partial charge in [-0.2, -0.15) is 0 Å². The number of guanidine groups is 1. The van der Waals surface area contributed by atoms with Crippen LogP contribution in [0.1, 0.15) is 24.8 Å². The van der Waals surface area contributed by atoms with E-state index in [1.807, 2.05) is 12.1 Å². The average molecular weight is 290 g/mol. The van der Waals surface area contributed by atoms with Crippen LogP contribution in [0.15, 0.2) is 23.3 Å². The average Bonchev–Trinajstić information content (AvgIpc) is 3.14. The molecule has 3 rings (SSSR count). The highest BCUT2D eigenvalue weighted by Crippen LogP contribution is 2.34. The molecule has 0 aromatic carbocycles. The molecule has 0 radical (unpaired) electrons. The van der Waals surface area contributed by atoms with Crippen LogP contribution in [0, 0.1) is 0 Å². The Hall–Kier alpha value is -1.82. The van der Waals surface area contributed by atoms with Gasteiger partial charge in [0.1, 0.15) is 0 Å². The Labute approximate surface area is 125 Å². The third-order valence-electron chi connectivity index (χ3n) is 4.14. The number of nitrogens with one attached hydrogen (secondary N) is 2. The summed E-state index contributed by atoms with van der Waals surface area (Å²) < 4.78 is 11.1. The highest BCUT2D eigenvalue weighted by atomic mass is 16.5. The molecule has 1 aromatic heterocycles. The summed E-state index contributed by atoms with van der Waals surface area (Å²) in [7, 11) is 3.41. The number of nitrogens with zero attached hydrogens (tertiary/aromatic N) is 2. The topological polar surface area (TPSA) is 67.8 Å². The minimum absolute atomic E-state index is 0.335. The first kappa shape index (κ1) is 14.1. The maximum Gasteiger partial charge on any atom is 0.218 e.